The molecule has 0 bridgehead atoms. The second kappa shape index (κ2) is 9.00. The van der Waals surface area contributed by atoms with Gasteiger partial charge in [0.25, 0.3) is 0 Å². The Hall–Kier alpha value is -2.15. The van der Waals surface area contributed by atoms with E-state index < -0.39 is 0 Å². The highest BCUT2D eigenvalue weighted by molar-refractivity contribution is 5.92. The number of carbonyl (C=O) groups excluding carboxylic acids is 2. The SMILES string of the molecule is O=C(Nc1ccc(N2CCC[C@]3(CCN(C4CCC(O)CC4)C3=O)C2)nc1)C1CCCC1. The molecule has 1 spiro atoms. The van der Waals surface area contributed by atoms with Crippen LogP contribution in [0.5, 0.6) is 0 Å². The van der Waals surface area contributed by atoms with Crippen molar-refractivity contribution in [1.82, 2.24) is 9.88 Å². The van der Waals surface area contributed by atoms with Gasteiger partial charge in [-0.05, 0) is 69.9 Å². The molecular formula is C25H36N4O3. The van der Waals surface area contributed by atoms with E-state index in [2.05, 4.69) is 20.1 Å². The highest BCUT2D eigenvalue weighted by Crippen LogP contribution is 2.43. The standard InChI is InChI=1S/C25H36N4O3/c30-21-9-7-20(8-10-21)29-15-13-25(24(29)32)12-3-14-28(17-25)22-11-6-19(16-26-22)27-23(31)18-4-1-2-5-18/h6,11,16,18,20-21,30H,1-5,7-10,12-15,17H2,(H,27,31)/t20?,21?,25-/m0/s1. The fourth-order valence-electron chi connectivity index (χ4n) is 6.35. The number of piperidine rings is 1. The number of carbonyl (C=O) groups is 2. The summed E-state index contributed by atoms with van der Waals surface area (Å²) < 4.78 is 0. The third kappa shape index (κ3) is 4.24. The van der Waals surface area contributed by atoms with Crippen molar-refractivity contribution in [1.29, 1.82) is 0 Å². The van der Waals surface area contributed by atoms with Crippen molar-refractivity contribution < 1.29 is 14.7 Å². The molecule has 4 aliphatic rings. The Morgan fingerprint density at radius 3 is 2.53 bits per heavy atom. The molecule has 0 unspecified atom stereocenters. The summed E-state index contributed by atoms with van der Waals surface area (Å²) in [6.45, 7) is 2.47. The predicted molar refractivity (Wildman–Crippen MR) is 123 cm³/mol. The third-order valence-electron chi connectivity index (χ3n) is 8.30. The molecule has 1 aromatic rings. The van der Waals surface area contributed by atoms with E-state index in [1.165, 1.54) is 0 Å². The largest absolute Gasteiger partial charge is 0.393 e. The Bertz CT molecular complexity index is 830. The zero-order valence-corrected chi connectivity index (χ0v) is 19.0. The van der Waals surface area contributed by atoms with Crippen LogP contribution in [0, 0.1) is 11.3 Å². The van der Waals surface area contributed by atoms with Gasteiger partial charge in [-0.15, -0.1) is 0 Å². The van der Waals surface area contributed by atoms with E-state index in [0.717, 1.165) is 102 Å². The fraction of sp³-hybridized carbons (Fsp3) is 0.720. The zero-order valence-electron chi connectivity index (χ0n) is 19.0. The Morgan fingerprint density at radius 2 is 1.81 bits per heavy atom. The van der Waals surface area contributed by atoms with Gasteiger partial charge in [0.15, 0.2) is 0 Å². The molecule has 7 nitrogen and oxygen atoms in total. The lowest BCUT2D eigenvalue weighted by molar-refractivity contribution is -0.139. The number of rotatable bonds is 4. The second-order valence-corrected chi connectivity index (χ2v) is 10.4. The van der Waals surface area contributed by atoms with E-state index in [9.17, 15) is 14.7 Å². The molecule has 174 valence electrons. The smallest absolute Gasteiger partial charge is 0.230 e. The number of nitrogens with zero attached hydrogens (tertiary/aromatic N) is 3. The molecule has 0 aromatic carbocycles. The van der Waals surface area contributed by atoms with E-state index in [1.807, 2.05) is 12.1 Å². The molecule has 4 fully saturated rings. The Balaban J connectivity index is 1.22. The number of aliphatic hydroxyl groups excluding tert-OH is 1. The van der Waals surface area contributed by atoms with Crippen molar-refractivity contribution in [2.75, 3.05) is 29.9 Å². The molecule has 2 N–H and O–H groups in total. The van der Waals surface area contributed by atoms with Gasteiger partial charge in [0.2, 0.25) is 11.8 Å². The minimum atomic E-state index is -0.300. The number of nitrogens with one attached hydrogen (secondary N) is 1. The van der Waals surface area contributed by atoms with E-state index >= 15 is 0 Å². The number of hydrogen-bond donors (Lipinski definition) is 2. The molecule has 2 saturated heterocycles. The highest BCUT2D eigenvalue weighted by Gasteiger charge is 2.50. The number of amides is 2. The Labute approximate surface area is 190 Å². The van der Waals surface area contributed by atoms with Crippen molar-refractivity contribution in [2.24, 2.45) is 11.3 Å². The molecule has 2 saturated carbocycles. The maximum absolute atomic E-state index is 13.5. The van der Waals surface area contributed by atoms with Crippen LogP contribution in [-0.2, 0) is 9.59 Å². The zero-order chi connectivity index (χ0) is 22.1. The van der Waals surface area contributed by atoms with E-state index in [4.69, 9.17) is 0 Å². The second-order valence-electron chi connectivity index (χ2n) is 10.4. The molecule has 2 aliphatic heterocycles. The van der Waals surface area contributed by atoms with Crippen LogP contribution < -0.4 is 10.2 Å². The van der Waals surface area contributed by atoms with Gasteiger partial charge in [-0.2, -0.15) is 0 Å². The molecule has 0 radical (unpaired) electrons. The Kier molecular flexibility index (Phi) is 6.10. The fourth-order valence-corrected chi connectivity index (χ4v) is 6.35. The highest BCUT2D eigenvalue weighted by atomic mass is 16.3. The lowest BCUT2D eigenvalue weighted by Crippen LogP contribution is -2.50. The van der Waals surface area contributed by atoms with E-state index in [0.29, 0.717) is 11.9 Å². The summed E-state index contributed by atoms with van der Waals surface area (Å²) >= 11 is 0. The quantitative estimate of drug-likeness (QED) is 0.750. The summed E-state index contributed by atoms with van der Waals surface area (Å²) in [7, 11) is 0. The number of pyridine rings is 1. The van der Waals surface area contributed by atoms with Crippen molar-refractivity contribution >= 4 is 23.3 Å². The summed E-state index contributed by atoms with van der Waals surface area (Å²) in [4.78, 5) is 34.9. The van der Waals surface area contributed by atoms with Gasteiger partial charge in [0.05, 0.1) is 23.4 Å². The number of aliphatic hydroxyl groups is 1. The van der Waals surface area contributed by atoms with E-state index in [-0.39, 0.29) is 23.3 Å². The molecule has 1 aromatic heterocycles. The lowest BCUT2D eigenvalue weighted by atomic mass is 9.78. The van der Waals surface area contributed by atoms with Crippen LogP contribution in [0.25, 0.3) is 0 Å². The maximum atomic E-state index is 13.5. The van der Waals surface area contributed by atoms with Crippen LogP contribution >= 0.6 is 0 Å². The monoisotopic (exact) mass is 440 g/mol. The number of hydrogen-bond acceptors (Lipinski definition) is 5. The van der Waals surface area contributed by atoms with Crippen LogP contribution in [-0.4, -0.2) is 58.6 Å². The maximum Gasteiger partial charge on any atom is 0.230 e. The van der Waals surface area contributed by atoms with Crippen LogP contribution in [0.2, 0.25) is 0 Å². The van der Waals surface area contributed by atoms with Gasteiger partial charge < -0.3 is 20.2 Å². The van der Waals surface area contributed by atoms with Crippen molar-refractivity contribution in [3.8, 4) is 0 Å². The summed E-state index contributed by atoms with van der Waals surface area (Å²) in [5, 5.41) is 12.8. The van der Waals surface area contributed by atoms with Gasteiger partial charge in [-0.25, -0.2) is 4.98 Å². The molecule has 7 heteroatoms. The molecule has 2 aliphatic carbocycles. The predicted octanol–water partition coefficient (Wildman–Crippen LogP) is 3.33. The average molecular weight is 441 g/mol. The summed E-state index contributed by atoms with van der Waals surface area (Å²) in [6.07, 6.45) is 12.1. The molecule has 3 heterocycles. The average Bonchev–Trinajstić information content (AvgIpc) is 3.45. The lowest BCUT2D eigenvalue weighted by Gasteiger charge is -2.41. The number of anilines is 2. The minimum Gasteiger partial charge on any atom is -0.393 e. The van der Waals surface area contributed by atoms with Gasteiger partial charge >= 0.3 is 0 Å². The van der Waals surface area contributed by atoms with Gasteiger partial charge in [0.1, 0.15) is 5.82 Å². The summed E-state index contributed by atoms with van der Waals surface area (Å²) in [6, 6.07) is 4.21. The minimum absolute atomic E-state index is 0.112. The molecule has 32 heavy (non-hydrogen) atoms. The summed E-state index contributed by atoms with van der Waals surface area (Å²) in [5.41, 5.74) is 0.450. The molecule has 1 atom stereocenters. The van der Waals surface area contributed by atoms with Crippen LogP contribution in [0.3, 0.4) is 0 Å². The first-order valence-corrected chi connectivity index (χ1v) is 12.6. The van der Waals surface area contributed by atoms with Crippen molar-refractivity contribution in [3.63, 3.8) is 0 Å². The summed E-state index contributed by atoms with van der Waals surface area (Å²) in [5.74, 6) is 1.44. The first-order valence-electron chi connectivity index (χ1n) is 12.6. The molecule has 2 amide bonds. The van der Waals surface area contributed by atoms with Gasteiger partial charge in [-0.1, -0.05) is 12.8 Å². The van der Waals surface area contributed by atoms with Crippen LogP contribution in [0.4, 0.5) is 11.5 Å². The van der Waals surface area contributed by atoms with Crippen LogP contribution in [0.1, 0.15) is 70.6 Å². The Morgan fingerprint density at radius 1 is 1.03 bits per heavy atom. The number of likely N-dealkylation sites (tertiary alicyclic amines) is 1. The number of aromatic nitrogens is 1. The van der Waals surface area contributed by atoms with E-state index in [1.54, 1.807) is 6.20 Å². The normalized spacial score (nSPS) is 31.5. The van der Waals surface area contributed by atoms with Crippen molar-refractivity contribution in [3.05, 3.63) is 18.3 Å². The third-order valence-corrected chi connectivity index (χ3v) is 8.30. The van der Waals surface area contributed by atoms with Crippen LogP contribution in [0.15, 0.2) is 18.3 Å². The topological polar surface area (TPSA) is 85.8 Å². The first-order chi connectivity index (χ1) is 15.5. The van der Waals surface area contributed by atoms with Gasteiger partial charge in [-0.3, -0.25) is 9.59 Å². The first kappa shape index (κ1) is 21.7. The molecular weight excluding hydrogens is 404 g/mol. The molecule has 5 rings (SSSR count). The van der Waals surface area contributed by atoms with Crippen molar-refractivity contribution in [2.45, 2.75) is 82.8 Å². The van der Waals surface area contributed by atoms with Gasteiger partial charge in [0, 0.05) is 31.6 Å².